The molecule has 0 bridgehead atoms. The van der Waals surface area contributed by atoms with E-state index in [4.69, 9.17) is 16.1 Å². The third-order valence-corrected chi connectivity index (χ3v) is 5.45. The largest absolute Gasteiger partial charge is 0.361 e. The fraction of sp³-hybridized carbons (Fsp3) is 0.167. The highest BCUT2D eigenvalue weighted by Crippen LogP contribution is 2.22. The molecule has 5 nitrogen and oxygen atoms in total. The molecule has 0 aliphatic carbocycles. The van der Waals surface area contributed by atoms with Gasteiger partial charge in [-0.25, -0.2) is 13.1 Å². The molecular formula is C18H17ClN2O3S. The summed E-state index contributed by atoms with van der Waals surface area (Å²) in [6, 6.07) is 16.8. The Morgan fingerprint density at radius 3 is 2.40 bits per heavy atom. The summed E-state index contributed by atoms with van der Waals surface area (Å²) >= 11 is 5.84. The summed E-state index contributed by atoms with van der Waals surface area (Å²) in [5.41, 5.74) is 1.53. The van der Waals surface area contributed by atoms with Crippen LogP contribution in [0.25, 0.3) is 0 Å². The third kappa shape index (κ3) is 4.48. The number of nitrogens with one attached hydrogen (secondary N) is 1. The monoisotopic (exact) mass is 376 g/mol. The normalized spacial score (nSPS) is 12.9. The SMILES string of the molecule is Cc1cc([C@@H](Cc2ccccc2)NS(=O)(=O)c2ccc(Cl)cc2)no1. The minimum Gasteiger partial charge on any atom is -0.361 e. The molecular weight excluding hydrogens is 360 g/mol. The van der Waals surface area contributed by atoms with E-state index < -0.39 is 16.1 Å². The van der Waals surface area contributed by atoms with Crippen molar-refractivity contribution in [3.05, 3.63) is 82.7 Å². The molecule has 1 aromatic heterocycles. The first-order valence-electron chi connectivity index (χ1n) is 7.69. The van der Waals surface area contributed by atoms with Gasteiger partial charge in [-0.3, -0.25) is 0 Å². The Bertz CT molecular complexity index is 938. The van der Waals surface area contributed by atoms with E-state index >= 15 is 0 Å². The molecule has 0 aliphatic heterocycles. The number of sulfonamides is 1. The maximum Gasteiger partial charge on any atom is 0.241 e. The van der Waals surface area contributed by atoms with E-state index in [-0.39, 0.29) is 4.90 Å². The van der Waals surface area contributed by atoms with Gasteiger partial charge in [0.15, 0.2) is 0 Å². The van der Waals surface area contributed by atoms with Crippen molar-refractivity contribution >= 4 is 21.6 Å². The number of nitrogens with zero attached hydrogens (tertiary/aromatic N) is 1. The van der Waals surface area contributed by atoms with Gasteiger partial charge in [-0.15, -0.1) is 0 Å². The van der Waals surface area contributed by atoms with Crippen LogP contribution in [-0.2, 0) is 16.4 Å². The first kappa shape index (κ1) is 17.7. The van der Waals surface area contributed by atoms with Gasteiger partial charge in [0.1, 0.15) is 11.5 Å². The van der Waals surface area contributed by atoms with Gasteiger partial charge in [0, 0.05) is 11.1 Å². The van der Waals surface area contributed by atoms with Crippen molar-refractivity contribution in [3.8, 4) is 0 Å². The molecule has 130 valence electrons. The predicted octanol–water partition coefficient (Wildman–Crippen LogP) is 3.90. The van der Waals surface area contributed by atoms with E-state index in [0.29, 0.717) is 22.9 Å². The smallest absolute Gasteiger partial charge is 0.241 e. The molecule has 0 radical (unpaired) electrons. The zero-order valence-corrected chi connectivity index (χ0v) is 15.1. The van der Waals surface area contributed by atoms with Gasteiger partial charge in [-0.05, 0) is 43.2 Å². The fourth-order valence-corrected chi connectivity index (χ4v) is 3.81. The van der Waals surface area contributed by atoms with Crippen LogP contribution in [0.3, 0.4) is 0 Å². The number of hydrogen-bond donors (Lipinski definition) is 1. The quantitative estimate of drug-likeness (QED) is 0.708. The number of aromatic nitrogens is 1. The molecule has 0 amide bonds. The lowest BCUT2D eigenvalue weighted by Crippen LogP contribution is -2.30. The van der Waals surface area contributed by atoms with Crippen molar-refractivity contribution in [1.82, 2.24) is 9.88 Å². The summed E-state index contributed by atoms with van der Waals surface area (Å²) in [6.07, 6.45) is 0.458. The lowest BCUT2D eigenvalue weighted by atomic mass is 10.0. The van der Waals surface area contributed by atoms with Gasteiger partial charge in [0.05, 0.1) is 10.9 Å². The van der Waals surface area contributed by atoms with Crippen molar-refractivity contribution in [2.24, 2.45) is 0 Å². The average molecular weight is 377 g/mol. The maximum absolute atomic E-state index is 12.7. The van der Waals surface area contributed by atoms with Crippen LogP contribution < -0.4 is 4.72 Å². The second kappa shape index (κ2) is 7.39. The van der Waals surface area contributed by atoms with E-state index in [1.165, 1.54) is 12.1 Å². The van der Waals surface area contributed by atoms with Crippen molar-refractivity contribution in [1.29, 1.82) is 0 Å². The Hall–Kier alpha value is -2.15. The molecule has 0 unspecified atom stereocenters. The van der Waals surface area contributed by atoms with Crippen LogP contribution in [0.4, 0.5) is 0 Å². The molecule has 0 saturated heterocycles. The van der Waals surface area contributed by atoms with E-state index in [2.05, 4.69) is 9.88 Å². The lowest BCUT2D eigenvalue weighted by molar-refractivity contribution is 0.382. The van der Waals surface area contributed by atoms with Crippen molar-refractivity contribution in [3.63, 3.8) is 0 Å². The summed E-state index contributed by atoms with van der Waals surface area (Å²) in [5.74, 6) is 0.624. The molecule has 0 saturated carbocycles. The molecule has 3 rings (SSSR count). The Morgan fingerprint density at radius 2 is 1.80 bits per heavy atom. The van der Waals surface area contributed by atoms with Crippen LogP contribution in [0.1, 0.15) is 23.1 Å². The molecule has 1 N–H and O–H groups in total. The summed E-state index contributed by atoms with van der Waals surface area (Å²) in [7, 11) is -3.73. The third-order valence-electron chi connectivity index (χ3n) is 3.71. The van der Waals surface area contributed by atoms with Gasteiger partial charge in [0.25, 0.3) is 0 Å². The summed E-state index contributed by atoms with van der Waals surface area (Å²) in [5, 5.41) is 4.46. The van der Waals surface area contributed by atoms with Crippen molar-refractivity contribution in [2.45, 2.75) is 24.3 Å². The van der Waals surface area contributed by atoms with Crippen LogP contribution in [0.2, 0.25) is 5.02 Å². The van der Waals surface area contributed by atoms with Gasteiger partial charge in [-0.1, -0.05) is 47.1 Å². The van der Waals surface area contributed by atoms with Gasteiger partial charge in [-0.2, -0.15) is 0 Å². The zero-order valence-electron chi connectivity index (χ0n) is 13.5. The highest BCUT2D eigenvalue weighted by Gasteiger charge is 2.24. The summed E-state index contributed by atoms with van der Waals surface area (Å²) < 4.78 is 33.3. The van der Waals surface area contributed by atoms with Crippen LogP contribution in [-0.4, -0.2) is 13.6 Å². The molecule has 0 spiro atoms. The van der Waals surface area contributed by atoms with E-state index in [1.807, 2.05) is 30.3 Å². The Kier molecular flexibility index (Phi) is 5.22. The molecule has 25 heavy (non-hydrogen) atoms. The molecule has 1 heterocycles. The fourth-order valence-electron chi connectivity index (χ4n) is 2.48. The number of rotatable bonds is 6. The molecule has 1 atom stereocenters. The van der Waals surface area contributed by atoms with E-state index in [0.717, 1.165) is 5.56 Å². The van der Waals surface area contributed by atoms with Crippen LogP contribution in [0.5, 0.6) is 0 Å². The Morgan fingerprint density at radius 1 is 1.12 bits per heavy atom. The van der Waals surface area contributed by atoms with E-state index in [1.54, 1.807) is 25.1 Å². The van der Waals surface area contributed by atoms with Gasteiger partial charge in [0.2, 0.25) is 10.0 Å². The molecule has 2 aromatic carbocycles. The minimum absolute atomic E-state index is 0.148. The Labute approximate surface area is 151 Å². The van der Waals surface area contributed by atoms with Crippen LogP contribution in [0, 0.1) is 6.92 Å². The van der Waals surface area contributed by atoms with Gasteiger partial charge >= 0.3 is 0 Å². The molecule has 3 aromatic rings. The number of aryl methyl sites for hydroxylation is 1. The summed E-state index contributed by atoms with van der Waals surface area (Å²) in [6.45, 7) is 1.77. The first-order valence-corrected chi connectivity index (χ1v) is 9.55. The standard InChI is InChI=1S/C18H17ClN2O3S/c1-13-11-17(20-24-13)18(12-14-5-3-2-4-6-14)21-25(22,23)16-9-7-15(19)8-10-16/h2-11,18,21H,12H2,1H3/t18-/m1/s1. The topological polar surface area (TPSA) is 72.2 Å². The molecule has 0 fully saturated rings. The minimum atomic E-state index is -3.73. The summed E-state index contributed by atoms with van der Waals surface area (Å²) in [4.78, 5) is 0.148. The second-order valence-corrected chi connectivity index (χ2v) is 7.83. The van der Waals surface area contributed by atoms with Gasteiger partial charge < -0.3 is 4.52 Å². The molecule has 0 aliphatic rings. The van der Waals surface area contributed by atoms with Crippen molar-refractivity contribution < 1.29 is 12.9 Å². The highest BCUT2D eigenvalue weighted by atomic mass is 35.5. The zero-order chi connectivity index (χ0) is 17.9. The van der Waals surface area contributed by atoms with Crippen LogP contribution in [0.15, 0.2) is 70.1 Å². The number of halogens is 1. The van der Waals surface area contributed by atoms with Crippen molar-refractivity contribution in [2.75, 3.05) is 0 Å². The highest BCUT2D eigenvalue weighted by molar-refractivity contribution is 7.89. The molecule has 7 heteroatoms. The maximum atomic E-state index is 12.7. The average Bonchev–Trinajstić information content (AvgIpc) is 3.02. The second-order valence-electron chi connectivity index (χ2n) is 5.68. The van der Waals surface area contributed by atoms with Crippen LogP contribution >= 0.6 is 11.6 Å². The lowest BCUT2D eigenvalue weighted by Gasteiger charge is -2.17. The number of benzene rings is 2. The predicted molar refractivity (Wildman–Crippen MR) is 95.9 cm³/mol. The van der Waals surface area contributed by atoms with E-state index in [9.17, 15) is 8.42 Å². The first-order chi connectivity index (χ1) is 11.9. The Balaban J connectivity index is 1.90. The number of hydrogen-bond acceptors (Lipinski definition) is 4.